The lowest BCUT2D eigenvalue weighted by Gasteiger charge is -2.17. The third-order valence-electron chi connectivity index (χ3n) is 2.94. The number of rotatable bonds is 5. The molecular formula is C14H15FN2O2S2. The Morgan fingerprint density at radius 1 is 1.24 bits per heavy atom. The van der Waals surface area contributed by atoms with E-state index in [0.717, 1.165) is 20.8 Å². The molecule has 0 aliphatic heterocycles. The predicted molar refractivity (Wildman–Crippen MR) is 81.1 cm³/mol. The van der Waals surface area contributed by atoms with E-state index in [2.05, 4.69) is 4.98 Å². The van der Waals surface area contributed by atoms with Crippen molar-refractivity contribution in [2.45, 2.75) is 16.5 Å². The molecule has 0 N–H and O–H groups in total. The molecule has 4 nitrogen and oxygen atoms in total. The SMILES string of the molecule is CSc1ccc(CN(C)S(=O)(=O)c2ncccc2F)cc1. The van der Waals surface area contributed by atoms with Gasteiger partial charge in [0.15, 0.2) is 5.82 Å². The number of thioether (sulfide) groups is 1. The summed E-state index contributed by atoms with van der Waals surface area (Å²) in [5, 5.41) is -0.548. The van der Waals surface area contributed by atoms with Gasteiger partial charge in [0.25, 0.3) is 10.0 Å². The first-order valence-corrected chi connectivity index (χ1v) is 8.81. The van der Waals surface area contributed by atoms with Crippen LogP contribution in [0.25, 0.3) is 0 Å². The maximum Gasteiger partial charge on any atom is 0.263 e. The van der Waals surface area contributed by atoms with Gasteiger partial charge in [-0.3, -0.25) is 0 Å². The smallest absolute Gasteiger partial charge is 0.241 e. The van der Waals surface area contributed by atoms with Crippen LogP contribution in [-0.2, 0) is 16.6 Å². The molecule has 0 saturated carbocycles. The van der Waals surface area contributed by atoms with Crippen LogP contribution < -0.4 is 0 Å². The quantitative estimate of drug-likeness (QED) is 0.793. The number of aromatic nitrogens is 1. The van der Waals surface area contributed by atoms with Crippen molar-refractivity contribution in [2.24, 2.45) is 0 Å². The number of benzene rings is 1. The first-order chi connectivity index (χ1) is 9.95. The minimum atomic E-state index is -3.94. The van der Waals surface area contributed by atoms with E-state index in [1.807, 2.05) is 30.5 Å². The molecule has 0 aliphatic rings. The van der Waals surface area contributed by atoms with E-state index in [1.165, 1.54) is 19.3 Å². The second-order valence-corrected chi connectivity index (χ2v) is 7.24. The third-order valence-corrected chi connectivity index (χ3v) is 5.43. The Kier molecular flexibility index (Phi) is 4.97. The van der Waals surface area contributed by atoms with Crippen LogP contribution in [0, 0.1) is 5.82 Å². The molecule has 0 bridgehead atoms. The van der Waals surface area contributed by atoms with E-state index >= 15 is 0 Å². The molecule has 7 heteroatoms. The Labute approximate surface area is 128 Å². The largest absolute Gasteiger partial charge is 0.263 e. The zero-order valence-electron chi connectivity index (χ0n) is 11.7. The van der Waals surface area contributed by atoms with E-state index in [9.17, 15) is 12.8 Å². The van der Waals surface area contributed by atoms with Crippen LogP contribution in [0.15, 0.2) is 52.5 Å². The van der Waals surface area contributed by atoms with Gasteiger partial charge in [-0.1, -0.05) is 12.1 Å². The van der Waals surface area contributed by atoms with E-state index in [-0.39, 0.29) is 6.54 Å². The number of pyridine rings is 1. The fraction of sp³-hybridized carbons (Fsp3) is 0.214. The molecular weight excluding hydrogens is 311 g/mol. The van der Waals surface area contributed by atoms with Gasteiger partial charge in [-0.05, 0) is 36.1 Å². The Morgan fingerprint density at radius 2 is 1.90 bits per heavy atom. The summed E-state index contributed by atoms with van der Waals surface area (Å²) in [7, 11) is -2.53. The Bertz CT molecular complexity index is 718. The van der Waals surface area contributed by atoms with Crippen molar-refractivity contribution in [3.63, 3.8) is 0 Å². The van der Waals surface area contributed by atoms with Crippen LogP contribution in [-0.4, -0.2) is 31.0 Å². The summed E-state index contributed by atoms with van der Waals surface area (Å²) in [5.41, 5.74) is 0.829. The predicted octanol–water partition coefficient (Wildman–Crippen LogP) is 2.76. The monoisotopic (exact) mass is 326 g/mol. The van der Waals surface area contributed by atoms with Crippen molar-refractivity contribution < 1.29 is 12.8 Å². The molecule has 0 aliphatic carbocycles. The number of nitrogens with zero attached hydrogens (tertiary/aromatic N) is 2. The van der Waals surface area contributed by atoms with E-state index in [0.29, 0.717) is 0 Å². The molecule has 112 valence electrons. The summed E-state index contributed by atoms with van der Waals surface area (Å²) in [6.07, 6.45) is 3.23. The highest BCUT2D eigenvalue weighted by Crippen LogP contribution is 2.19. The number of sulfonamides is 1. The molecule has 1 aromatic carbocycles. The first kappa shape index (κ1) is 15.9. The highest BCUT2D eigenvalue weighted by Gasteiger charge is 2.25. The van der Waals surface area contributed by atoms with E-state index in [4.69, 9.17) is 0 Å². The first-order valence-electron chi connectivity index (χ1n) is 6.15. The third kappa shape index (κ3) is 3.61. The summed E-state index contributed by atoms with van der Waals surface area (Å²) in [5.74, 6) is -0.845. The van der Waals surface area contributed by atoms with Crippen LogP contribution >= 0.6 is 11.8 Å². The molecule has 0 fully saturated rings. The molecule has 1 heterocycles. The highest BCUT2D eigenvalue weighted by atomic mass is 32.2. The second kappa shape index (κ2) is 6.55. The molecule has 2 aromatic rings. The summed E-state index contributed by atoms with van der Waals surface area (Å²) in [6.45, 7) is 0.160. The summed E-state index contributed by atoms with van der Waals surface area (Å²) < 4.78 is 39.3. The van der Waals surface area contributed by atoms with E-state index < -0.39 is 20.9 Å². The van der Waals surface area contributed by atoms with Crippen LogP contribution in [0.1, 0.15) is 5.56 Å². The van der Waals surface area contributed by atoms with Gasteiger partial charge in [0.1, 0.15) is 0 Å². The Morgan fingerprint density at radius 3 is 2.48 bits per heavy atom. The summed E-state index contributed by atoms with van der Waals surface area (Å²) in [6, 6.07) is 9.99. The Hall–Kier alpha value is -1.44. The van der Waals surface area contributed by atoms with Crippen molar-refractivity contribution in [3.8, 4) is 0 Å². The Balaban J connectivity index is 2.22. The van der Waals surface area contributed by atoms with Gasteiger partial charge in [0.2, 0.25) is 5.03 Å². The summed E-state index contributed by atoms with van der Waals surface area (Å²) in [4.78, 5) is 4.73. The second-order valence-electron chi connectivity index (χ2n) is 4.40. The van der Waals surface area contributed by atoms with Gasteiger partial charge < -0.3 is 0 Å². The zero-order valence-corrected chi connectivity index (χ0v) is 13.3. The topological polar surface area (TPSA) is 50.3 Å². The average Bonchev–Trinajstić information content (AvgIpc) is 2.48. The van der Waals surface area contributed by atoms with Crippen molar-refractivity contribution in [3.05, 3.63) is 54.0 Å². The van der Waals surface area contributed by atoms with Gasteiger partial charge in [-0.25, -0.2) is 17.8 Å². The summed E-state index contributed by atoms with van der Waals surface area (Å²) >= 11 is 1.61. The minimum absolute atomic E-state index is 0.160. The lowest BCUT2D eigenvalue weighted by Crippen LogP contribution is -2.28. The van der Waals surface area contributed by atoms with Gasteiger partial charge >= 0.3 is 0 Å². The van der Waals surface area contributed by atoms with Gasteiger partial charge in [0, 0.05) is 24.7 Å². The lowest BCUT2D eigenvalue weighted by molar-refractivity contribution is 0.454. The van der Waals surface area contributed by atoms with Crippen molar-refractivity contribution in [1.82, 2.24) is 9.29 Å². The zero-order chi connectivity index (χ0) is 15.5. The van der Waals surface area contributed by atoms with Gasteiger partial charge in [-0.2, -0.15) is 4.31 Å². The lowest BCUT2D eigenvalue weighted by atomic mass is 10.2. The minimum Gasteiger partial charge on any atom is -0.241 e. The highest BCUT2D eigenvalue weighted by molar-refractivity contribution is 7.98. The number of hydrogen-bond donors (Lipinski definition) is 0. The van der Waals surface area contributed by atoms with Crippen LogP contribution in [0.3, 0.4) is 0 Å². The molecule has 1 aromatic heterocycles. The fourth-order valence-electron chi connectivity index (χ4n) is 1.78. The van der Waals surface area contributed by atoms with Crippen LogP contribution in [0.2, 0.25) is 0 Å². The van der Waals surface area contributed by atoms with Crippen molar-refractivity contribution in [2.75, 3.05) is 13.3 Å². The average molecular weight is 326 g/mol. The number of halogens is 1. The molecule has 0 radical (unpaired) electrons. The standard InChI is InChI=1S/C14H15FN2O2S2/c1-17(10-11-5-7-12(20-2)8-6-11)21(18,19)14-13(15)4-3-9-16-14/h3-9H,10H2,1-2H3. The molecule has 0 spiro atoms. The van der Waals surface area contributed by atoms with Gasteiger partial charge in [-0.15, -0.1) is 11.8 Å². The molecule has 0 unspecified atom stereocenters. The van der Waals surface area contributed by atoms with Gasteiger partial charge in [0.05, 0.1) is 0 Å². The fourth-order valence-corrected chi connectivity index (χ4v) is 3.31. The van der Waals surface area contributed by atoms with Crippen LogP contribution in [0.5, 0.6) is 0 Å². The maximum atomic E-state index is 13.6. The number of hydrogen-bond acceptors (Lipinski definition) is 4. The van der Waals surface area contributed by atoms with Crippen molar-refractivity contribution >= 4 is 21.8 Å². The maximum absolute atomic E-state index is 13.6. The van der Waals surface area contributed by atoms with E-state index in [1.54, 1.807) is 11.8 Å². The molecule has 21 heavy (non-hydrogen) atoms. The molecule has 0 atom stereocenters. The van der Waals surface area contributed by atoms with Crippen LogP contribution in [0.4, 0.5) is 4.39 Å². The molecule has 0 amide bonds. The molecule has 2 rings (SSSR count). The normalized spacial score (nSPS) is 11.8. The van der Waals surface area contributed by atoms with Crippen molar-refractivity contribution in [1.29, 1.82) is 0 Å². The molecule has 0 saturated heterocycles.